The van der Waals surface area contributed by atoms with Gasteiger partial charge in [-0.1, -0.05) is 110 Å². The Labute approximate surface area is 186 Å². The van der Waals surface area contributed by atoms with Crippen molar-refractivity contribution in [1.82, 2.24) is 0 Å². The van der Waals surface area contributed by atoms with Crippen LogP contribution in [0, 0.1) is 11.8 Å². The van der Waals surface area contributed by atoms with Crippen molar-refractivity contribution in [3.05, 3.63) is 109 Å². The summed E-state index contributed by atoms with van der Waals surface area (Å²) in [6.07, 6.45) is 14.2. The second-order valence-corrected chi connectivity index (χ2v) is 7.98. The summed E-state index contributed by atoms with van der Waals surface area (Å²) in [6, 6.07) is 0. The molecule has 0 bridgehead atoms. The molecule has 2 unspecified atom stereocenters. The fourth-order valence-corrected chi connectivity index (χ4v) is 2.68. The summed E-state index contributed by atoms with van der Waals surface area (Å²) in [6.45, 7) is 33.5. The van der Waals surface area contributed by atoms with Gasteiger partial charge in [-0.25, -0.2) is 0 Å². The van der Waals surface area contributed by atoms with Crippen LogP contribution in [0.4, 0.5) is 0 Å². The van der Waals surface area contributed by atoms with E-state index in [4.69, 9.17) is 4.74 Å². The highest BCUT2D eigenvalue weighted by atomic mass is 16.5. The first-order valence-electron chi connectivity index (χ1n) is 10.8. The number of methoxy groups -OCH3 is 1. The minimum atomic E-state index is 0.467. The Bertz CT molecular complexity index is 751. The van der Waals surface area contributed by atoms with Gasteiger partial charge < -0.3 is 4.74 Å². The molecule has 0 radical (unpaired) electrons. The molecule has 0 fully saturated rings. The molecule has 0 saturated heterocycles. The lowest BCUT2D eigenvalue weighted by Gasteiger charge is -2.15. The van der Waals surface area contributed by atoms with Crippen molar-refractivity contribution in [3.63, 3.8) is 0 Å². The zero-order chi connectivity index (χ0) is 23.3. The lowest BCUT2D eigenvalue weighted by molar-refractivity contribution is 0.309. The molecular weight excluding hydrogens is 364 g/mol. The highest BCUT2D eigenvalue weighted by molar-refractivity contribution is 5.54. The molecule has 0 saturated carbocycles. The van der Waals surface area contributed by atoms with Crippen molar-refractivity contribution in [2.24, 2.45) is 11.8 Å². The molecule has 1 heteroatoms. The van der Waals surface area contributed by atoms with Crippen LogP contribution in [0.1, 0.15) is 53.4 Å². The van der Waals surface area contributed by atoms with Gasteiger partial charge in [0.1, 0.15) is 5.76 Å². The standard InChI is InChI=1S/C29H42O/c1-12-21(3)14-15-22(4)23(5)16-17-25(7)28(10)29(13-2)20-26(8)24(6)18-19-27(9)30-11/h16-22H,5-10,12-15H2,1-4,11H3/b17-16-,19-18-,29-20-. The summed E-state index contributed by atoms with van der Waals surface area (Å²) in [5.41, 5.74) is 5.65. The van der Waals surface area contributed by atoms with Gasteiger partial charge in [0.25, 0.3) is 0 Å². The predicted molar refractivity (Wildman–Crippen MR) is 136 cm³/mol. The maximum atomic E-state index is 5.04. The van der Waals surface area contributed by atoms with Gasteiger partial charge in [-0.3, -0.25) is 0 Å². The first kappa shape index (κ1) is 27.5. The van der Waals surface area contributed by atoms with Gasteiger partial charge in [0.15, 0.2) is 0 Å². The van der Waals surface area contributed by atoms with Crippen molar-refractivity contribution in [2.45, 2.75) is 53.4 Å². The average Bonchev–Trinajstić information content (AvgIpc) is 2.75. The third kappa shape index (κ3) is 10.3. The Balaban J connectivity index is 5.06. The highest BCUT2D eigenvalue weighted by Crippen LogP contribution is 2.25. The molecule has 1 nitrogen and oxygen atoms in total. The van der Waals surface area contributed by atoms with Crippen molar-refractivity contribution in [1.29, 1.82) is 0 Å². The molecule has 0 aromatic carbocycles. The van der Waals surface area contributed by atoms with Crippen molar-refractivity contribution in [3.8, 4) is 0 Å². The summed E-state index contributed by atoms with van der Waals surface area (Å²) >= 11 is 0. The van der Waals surface area contributed by atoms with Gasteiger partial charge >= 0.3 is 0 Å². The van der Waals surface area contributed by atoms with Gasteiger partial charge in [-0.15, -0.1) is 0 Å². The van der Waals surface area contributed by atoms with Gasteiger partial charge in [0.2, 0.25) is 0 Å². The van der Waals surface area contributed by atoms with E-state index in [1.807, 2.05) is 18.2 Å². The molecule has 0 aliphatic rings. The molecule has 0 aliphatic carbocycles. The third-order valence-corrected chi connectivity index (χ3v) is 5.57. The summed E-state index contributed by atoms with van der Waals surface area (Å²) in [5.74, 6) is 1.81. The number of ether oxygens (including phenoxy) is 1. The summed E-state index contributed by atoms with van der Waals surface area (Å²) in [7, 11) is 1.59. The number of allylic oxidation sites excluding steroid dienone is 11. The molecular formula is C29H42O. The van der Waals surface area contributed by atoms with E-state index in [1.165, 1.54) is 12.8 Å². The maximum absolute atomic E-state index is 5.04. The van der Waals surface area contributed by atoms with Gasteiger partial charge in [-0.2, -0.15) is 0 Å². The first-order chi connectivity index (χ1) is 14.1. The Morgan fingerprint density at radius 1 is 0.800 bits per heavy atom. The van der Waals surface area contributed by atoms with E-state index in [0.717, 1.165) is 52.2 Å². The average molecular weight is 407 g/mol. The molecule has 0 aromatic heterocycles. The van der Waals surface area contributed by atoms with Gasteiger partial charge in [0.05, 0.1) is 7.11 Å². The summed E-state index contributed by atoms with van der Waals surface area (Å²) in [4.78, 5) is 0. The van der Waals surface area contributed by atoms with Crippen LogP contribution in [0.5, 0.6) is 0 Å². The Hall–Kier alpha value is -2.54. The van der Waals surface area contributed by atoms with Crippen LogP contribution in [0.2, 0.25) is 0 Å². The summed E-state index contributed by atoms with van der Waals surface area (Å²) in [5, 5.41) is 0. The number of hydrogen-bond donors (Lipinski definition) is 0. The monoisotopic (exact) mass is 406 g/mol. The second-order valence-electron chi connectivity index (χ2n) is 7.98. The van der Waals surface area contributed by atoms with Crippen LogP contribution in [-0.4, -0.2) is 7.11 Å². The van der Waals surface area contributed by atoms with Gasteiger partial charge in [-0.05, 0) is 58.6 Å². The van der Waals surface area contributed by atoms with Crippen molar-refractivity contribution in [2.75, 3.05) is 7.11 Å². The quantitative estimate of drug-likeness (QED) is 0.195. The largest absolute Gasteiger partial charge is 0.497 e. The highest BCUT2D eigenvalue weighted by Gasteiger charge is 2.08. The summed E-state index contributed by atoms with van der Waals surface area (Å²) < 4.78 is 5.04. The predicted octanol–water partition coefficient (Wildman–Crippen LogP) is 8.84. The second kappa shape index (κ2) is 14.4. The SMILES string of the molecule is C=C(/C=C\C(=C)C(=C)/C=C(/CC)C(=C)C(=C)/C=C\C(=C)C(C)CCC(C)CC)OC. The smallest absolute Gasteiger partial charge is 0.111 e. The van der Waals surface area contributed by atoms with E-state index < -0.39 is 0 Å². The van der Waals surface area contributed by atoms with Crippen molar-refractivity contribution < 1.29 is 4.74 Å². The van der Waals surface area contributed by atoms with Gasteiger partial charge in [0, 0.05) is 0 Å². The molecule has 0 spiro atoms. The zero-order valence-electron chi connectivity index (χ0n) is 20.0. The van der Waals surface area contributed by atoms with Crippen LogP contribution >= 0.6 is 0 Å². The van der Waals surface area contributed by atoms with E-state index in [1.54, 1.807) is 13.2 Å². The molecule has 0 aliphatic heterocycles. The van der Waals surface area contributed by atoms with E-state index >= 15 is 0 Å². The lowest BCUT2D eigenvalue weighted by atomic mass is 9.90. The van der Waals surface area contributed by atoms with E-state index in [2.05, 4.69) is 73.2 Å². The fraction of sp³-hybridized carbons (Fsp3) is 0.379. The van der Waals surface area contributed by atoms with Crippen LogP contribution < -0.4 is 0 Å². The van der Waals surface area contributed by atoms with Crippen LogP contribution in [0.25, 0.3) is 0 Å². The maximum Gasteiger partial charge on any atom is 0.111 e. The fourth-order valence-electron chi connectivity index (χ4n) is 2.68. The zero-order valence-corrected chi connectivity index (χ0v) is 20.0. The Morgan fingerprint density at radius 3 is 1.93 bits per heavy atom. The molecule has 0 rings (SSSR count). The molecule has 30 heavy (non-hydrogen) atoms. The van der Waals surface area contributed by atoms with Crippen LogP contribution in [0.15, 0.2) is 109 Å². The van der Waals surface area contributed by atoms with Crippen LogP contribution in [0.3, 0.4) is 0 Å². The third-order valence-electron chi connectivity index (χ3n) is 5.57. The van der Waals surface area contributed by atoms with Crippen molar-refractivity contribution >= 4 is 0 Å². The molecule has 0 heterocycles. The molecule has 164 valence electrons. The van der Waals surface area contributed by atoms with Crippen LogP contribution in [-0.2, 0) is 4.74 Å². The normalized spacial score (nSPS) is 13.8. The van der Waals surface area contributed by atoms with E-state index in [9.17, 15) is 0 Å². The molecule has 0 aromatic rings. The lowest BCUT2D eigenvalue weighted by Crippen LogP contribution is -2.01. The number of hydrogen-bond acceptors (Lipinski definition) is 1. The first-order valence-corrected chi connectivity index (χ1v) is 10.8. The van der Waals surface area contributed by atoms with E-state index in [-0.39, 0.29) is 0 Å². The van der Waals surface area contributed by atoms with E-state index in [0.29, 0.717) is 11.7 Å². The minimum absolute atomic E-state index is 0.467. The Morgan fingerprint density at radius 2 is 1.40 bits per heavy atom. The molecule has 0 amide bonds. The molecule has 0 N–H and O–H groups in total. The molecule has 2 atom stereocenters. The topological polar surface area (TPSA) is 9.23 Å². The Kier molecular flexibility index (Phi) is 13.2. The minimum Gasteiger partial charge on any atom is -0.497 e. The number of rotatable bonds is 15.